The fourth-order valence-corrected chi connectivity index (χ4v) is 2.86. The summed E-state index contributed by atoms with van der Waals surface area (Å²) >= 11 is 0. The number of halogens is 4. The Kier molecular flexibility index (Phi) is 8.06. The Balaban J connectivity index is 0.00000364. The molecule has 2 amide bonds. The number of benzene rings is 1. The summed E-state index contributed by atoms with van der Waals surface area (Å²) in [7, 11) is 0. The normalized spacial score (nSPS) is 20.7. The Morgan fingerprint density at radius 2 is 1.96 bits per heavy atom. The van der Waals surface area contributed by atoms with Gasteiger partial charge in [-0.15, -0.1) is 12.4 Å². The molecule has 1 aromatic rings. The number of nitrogens with one attached hydrogen (secondary N) is 2. The molecule has 2 atom stereocenters. The summed E-state index contributed by atoms with van der Waals surface area (Å²) in [6, 6.07) is 1.17. The van der Waals surface area contributed by atoms with Gasteiger partial charge in [-0.05, 0) is 44.0 Å². The van der Waals surface area contributed by atoms with Crippen LogP contribution in [0.1, 0.15) is 20.3 Å². The molecular weight excluding hydrogens is 385 g/mol. The molecule has 1 aliphatic heterocycles. The number of rotatable bonds is 6. The minimum Gasteiger partial charge on any atom is -0.346 e. The minimum atomic E-state index is -1.67. The highest BCUT2D eigenvalue weighted by Crippen LogP contribution is 2.29. The number of anilines is 1. The first kappa shape index (κ1) is 23.2. The third-order valence-corrected chi connectivity index (χ3v) is 4.74. The summed E-state index contributed by atoms with van der Waals surface area (Å²) in [5.41, 5.74) is 5.23. The van der Waals surface area contributed by atoms with Gasteiger partial charge in [0.05, 0.1) is 18.3 Å². The highest BCUT2D eigenvalue weighted by molar-refractivity contribution is 5.95. The molecule has 1 aliphatic rings. The maximum Gasteiger partial charge on any atom is 0.243 e. The first-order valence-electron chi connectivity index (χ1n) is 8.32. The lowest BCUT2D eigenvalue weighted by molar-refractivity contribution is -0.127. The first-order valence-corrected chi connectivity index (χ1v) is 8.32. The molecule has 2 unspecified atom stereocenters. The van der Waals surface area contributed by atoms with E-state index in [0.717, 1.165) is 19.0 Å². The molecule has 0 bridgehead atoms. The van der Waals surface area contributed by atoms with Gasteiger partial charge in [-0.25, -0.2) is 13.2 Å². The van der Waals surface area contributed by atoms with Gasteiger partial charge >= 0.3 is 0 Å². The van der Waals surface area contributed by atoms with Crippen molar-refractivity contribution >= 4 is 29.9 Å². The SMILES string of the molecule is CC(C(=O)NCC(=O)Nc1ccc(F)c(F)c1F)N1CCC(C)(CN)C1.Cl. The van der Waals surface area contributed by atoms with Crippen molar-refractivity contribution in [3.8, 4) is 0 Å². The second-order valence-electron chi connectivity index (χ2n) is 6.90. The molecular formula is C17H24ClF3N4O2. The molecule has 0 saturated carbocycles. The smallest absolute Gasteiger partial charge is 0.243 e. The molecule has 0 spiro atoms. The number of carbonyl (C=O) groups excluding carboxylic acids is 2. The number of amides is 2. The zero-order chi connectivity index (χ0) is 19.5. The van der Waals surface area contributed by atoms with E-state index >= 15 is 0 Å². The fraction of sp³-hybridized carbons (Fsp3) is 0.529. The van der Waals surface area contributed by atoms with Crippen LogP contribution in [0.2, 0.25) is 0 Å². The van der Waals surface area contributed by atoms with E-state index in [0.29, 0.717) is 19.2 Å². The van der Waals surface area contributed by atoms with Crippen LogP contribution in [0.4, 0.5) is 18.9 Å². The Bertz CT molecular complexity index is 707. The standard InChI is InChI=1S/C17H23F3N4O2.ClH/c1-10(24-6-5-17(2,8-21)9-24)16(26)22-7-13(25)23-12-4-3-11(18)14(19)15(12)20;/h3-4,10H,5-9,21H2,1-2H3,(H,22,26)(H,23,25);1H. The molecule has 1 aromatic carbocycles. The Morgan fingerprint density at radius 1 is 1.30 bits per heavy atom. The van der Waals surface area contributed by atoms with Crippen LogP contribution in [-0.2, 0) is 9.59 Å². The monoisotopic (exact) mass is 408 g/mol. The van der Waals surface area contributed by atoms with Crippen molar-refractivity contribution in [2.75, 3.05) is 31.5 Å². The van der Waals surface area contributed by atoms with Crippen molar-refractivity contribution in [2.45, 2.75) is 26.3 Å². The maximum absolute atomic E-state index is 13.5. The Morgan fingerprint density at radius 3 is 2.56 bits per heavy atom. The number of hydrogen-bond donors (Lipinski definition) is 3. The van der Waals surface area contributed by atoms with Gasteiger partial charge in [-0.2, -0.15) is 0 Å². The lowest BCUT2D eigenvalue weighted by atomic mass is 9.90. The molecule has 10 heteroatoms. The summed E-state index contributed by atoms with van der Waals surface area (Å²) in [6.45, 7) is 5.31. The summed E-state index contributed by atoms with van der Waals surface area (Å²) in [4.78, 5) is 26.0. The van der Waals surface area contributed by atoms with Gasteiger partial charge in [0.25, 0.3) is 0 Å². The average Bonchev–Trinajstić information content (AvgIpc) is 3.02. The topological polar surface area (TPSA) is 87.5 Å². The molecule has 6 nitrogen and oxygen atoms in total. The van der Waals surface area contributed by atoms with Crippen molar-refractivity contribution in [2.24, 2.45) is 11.1 Å². The first-order chi connectivity index (χ1) is 12.2. The van der Waals surface area contributed by atoms with Gasteiger partial charge in [0.1, 0.15) is 0 Å². The number of nitrogens with two attached hydrogens (primary N) is 1. The lowest BCUT2D eigenvalue weighted by Crippen LogP contribution is -2.47. The van der Waals surface area contributed by atoms with E-state index < -0.39 is 41.6 Å². The van der Waals surface area contributed by atoms with Gasteiger partial charge in [0.2, 0.25) is 11.8 Å². The van der Waals surface area contributed by atoms with Crippen LogP contribution in [-0.4, -0.2) is 48.9 Å². The Hall–Kier alpha value is -1.84. The van der Waals surface area contributed by atoms with E-state index in [2.05, 4.69) is 17.6 Å². The molecule has 4 N–H and O–H groups in total. The van der Waals surface area contributed by atoms with Gasteiger partial charge < -0.3 is 16.4 Å². The van der Waals surface area contributed by atoms with Gasteiger partial charge in [0, 0.05) is 6.54 Å². The van der Waals surface area contributed by atoms with E-state index in [1.807, 2.05) is 4.90 Å². The highest BCUT2D eigenvalue weighted by atomic mass is 35.5. The highest BCUT2D eigenvalue weighted by Gasteiger charge is 2.36. The molecule has 27 heavy (non-hydrogen) atoms. The maximum atomic E-state index is 13.5. The summed E-state index contributed by atoms with van der Waals surface area (Å²) < 4.78 is 39.5. The second-order valence-corrected chi connectivity index (χ2v) is 6.90. The van der Waals surface area contributed by atoms with Crippen molar-refractivity contribution in [3.63, 3.8) is 0 Å². The van der Waals surface area contributed by atoms with E-state index in [4.69, 9.17) is 5.73 Å². The molecule has 152 valence electrons. The van der Waals surface area contributed by atoms with E-state index in [1.54, 1.807) is 6.92 Å². The second kappa shape index (κ2) is 9.38. The van der Waals surface area contributed by atoms with Crippen LogP contribution in [0.5, 0.6) is 0 Å². The number of hydrogen-bond acceptors (Lipinski definition) is 4. The molecule has 0 radical (unpaired) electrons. The molecule has 1 fully saturated rings. The zero-order valence-electron chi connectivity index (χ0n) is 15.2. The lowest BCUT2D eigenvalue weighted by Gasteiger charge is -2.26. The number of likely N-dealkylation sites (tertiary alicyclic amines) is 1. The van der Waals surface area contributed by atoms with Crippen molar-refractivity contribution in [1.29, 1.82) is 0 Å². The predicted octanol–water partition coefficient (Wildman–Crippen LogP) is 1.64. The van der Waals surface area contributed by atoms with Gasteiger partial charge in [-0.3, -0.25) is 14.5 Å². The molecule has 0 aliphatic carbocycles. The quantitative estimate of drug-likeness (QED) is 0.624. The minimum absolute atomic E-state index is 0. The number of nitrogens with zero attached hydrogens (tertiary/aromatic N) is 1. The van der Waals surface area contributed by atoms with Crippen molar-refractivity contribution < 1.29 is 22.8 Å². The number of carbonyl (C=O) groups is 2. The molecule has 2 rings (SSSR count). The van der Waals surface area contributed by atoms with Crippen molar-refractivity contribution in [3.05, 3.63) is 29.6 Å². The molecule has 1 saturated heterocycles. The third kappa shape index (κ3) is 5.57. The van der Waals surface area contributed by atoms with Gasteiger partial charge in [-0.1, -0.05) is 6.92 Å². The van der Waals surface area contributed by atoms with Crippen LogP contribution >= 0.6 is 12.4 Å². The van der Waals surface area contributed by atoms with E-state index in [1.165, 1.54) is 0 Å². The zero-order valence-corrected chi connectivity index (χ0v) is 16.0. The molecule has 1 heterocycles. The van der Waals surface area contributed by atoms with Crippen molar-refractivity contribution in [1.82, 2.24) is 10.2 Å². The van der Waals surface area contributed by atoms with Crippen LogP contribution in [0.15, 0.2) is 12.1 Å². The van der Waals surface area contributed by atoms with Crippen LogP contribution in [0.25, 0.3) is 0 Å². The van der Waals surface area contributed by atoms with Crippen LogP contribution in [0.3, 0.4) is 0 Å². The summed E-state index contributed by atoms with van der Waals surface area (Å²) in [5.74, 6) is -5.61. The van der Waals surface area contributed by atoms with E-state index in [-0.39, 0.29) is 23.7 Å². The largest absolute Gasteiger partial charge is 0.346 e. The van der Waals surface area contributed by atoms with Gasteiger partial charge in [0.15, 0.2) is 17.5 Å². The summed E-state index contributed by atoms with van der Waals surface area (Å²) in [5, 5.41) is 4.55. The van der Waals surface area contributed by atoms with Crippen LogP contribution in [0, 0.1) is 22.9 Å². The third-order valence-electron chi connectivity index (χ3n) is 4.74. The molecule has 0 aromatic heterocycles. The van der Waals surface area contributed by atoms with Crippen LogP contribution < -0.4 is 16.4 Å². The fourth-order valence-electron chi connectivity index (χ4n) is 2.86. The summed E-state index contributed by atoms with van der Waals surface area (Å²) in [6.07, 6.45) is 0.886. The average molecular weight is 409 g/mol. The van der Waals surface area contributed by atoms with E-state index in [9.17, 15) is 22.8 Å². The Labute approximate surface area is 162 Å². The predicted molar refractivity (Wildman–Crippen MR) is 98.0 cm³/mol.